The molecule has 0 unspecified atom stereocenters. The third-order valence-corrected chi connectivity index (χ3v) is 3.18. The fourth-order valence-corrected chi connectivity index (χ4v) is 2.25. The maximum Gasteiger partial charge on any atom is 0.122 e. The molecule has 17 heavy (non-hydrogen) atoms. The molecule has 4 heteroatoms. The Kier molecular flexibility index (Phi) is 2.34. The van der Waals surface area contributed by atoms with E-state index in [0.717, 1.165) is 22.2 Å². The van der Waals surface area contributed by atoms with Crippen LogP contribution in [0.25, 0.3) is 22.2 Å². The topological polar surface area (TPSA) is 41.6 Å². The highest BCUT2D eigenvalue weighted by atomic mass is 35.5. The van der Waals surface area contributed by atoms with Gasteiger partial charge in [0, 0.05) is 5.56 Å². The van der Waals surface area contributed by atoms with Crippen LogP contribution in [-0.4, -0.2) is 15.4 Å². The van der Waals surface area contributed by atoms with E-state index in [1.54, 1.807) is 0 Å². The fraction of sp³-hybridized carbons (Fsp3) is 0.0769. The number of H-pyrrole nitrogens is 1. The zero-order valence-corrected chi connectivity index (χ0v) is 9.99. The second-order valence-electron chi connectivity index (χ2n) is 3.95. The van der Waals surface area contributed by atoms with Gasteiger partial charge in [0.1, 0.15) is 5.52 Å². The summed E-state index contributed by atoms with van der Waals surface area (Å²) in [5.41, 5.74) is 4.91. The van der Waals surface area contributed by atoms with Crippen molar-refractivity contribution in [1.29, 1.82) is 0 Å². The van der Waals surface area contributed by atoms with E-state index in [2.05, 4.69) is 28.4 Å². The van der Waals surface area contributed by atoms with E-state index < -0.39 is 0 Å². The maximum atomic E-state index is 6.28. The van der Waals surface area contributed by atoms with Crippen molar-refractivity contribution in [2.75, 3.05) is 0 Å². The van der Waals surface area contributed by atoms with Gasteiger partial charge in [-0.1, -0.05) is 41.1 Å². The molecule has 3 rings (SSSR count). The van der Waals surface area contributed by atoms with Crippen LogP contribution in [0.4, 0.5) is 0 Å². The number of nitrogens with zero attached hydrogens (tertiary/aromatic N) is 2. The third kappa shape index (κ3) is 1.59. The predicted molar refractivity (Wildman–Crippen MR) is 69.1 cm³/mol. The van der Waals surface area contributed by atoms with Crippen LogP contribution in [0.2, 0.25) is 5.02 Å². The lowest BCUT2D eigenvalue weighted by Gasteiger charge is -2.08. The number of halogens is 1. The summed E-state index contributed by atoms with van der Waals surface area (Å²) >= 11 is 6.28. The van der Waals surface area contributed by atoms with Crippen LogP contribution in [0.3, 0.4) is 0 Å². The number of hydrogen-bond acceptors (Lipinski definition) is 2. The Morgan fingerprint density at radius 3 is 2.76 bits per heavy atom. The molecule has 0 atom stereocenters. The fourth-order valence-electron chi connectivity index (χ4n) is 2.00. The van der Waals surface area contributed by atoms with Crippen molar-refractivity contribution >= 4 is 22.6 Å². The minimum absolute atomic E-state index is 0.695. The summed E-state index contributed by atoms with van der Waals surface area (Å²) in [5, 5.41) is 11.5. The Bertz CT molecular complexity index is 688. The minimum atomic E-state index is 0.695. The molecule has 0 aliphatic heterocycles. The molecule has 84 valence electrons. The first-order valence-electron chi connectivity index (χ1n) is 5.32. The molecular formula is C13H10ClN3. The summed E-state index contributed by atoms with van der Waals surface area (Å²) in [4.78, 5) is 0. The van der Waals surface area contributed by atoms with Gasteiger partial charge in [0.2, 0.25) is 0 Å². The first-order chi connectivity index (χ1) is 8.27. The minimum Gasteiger partial charge on any atom is -0.258 e. The van der Waals surface area contributed by atoms with Gasteiger partial charge in [0.25, 0.3) is 0 Å². The number of rotatable bonds is 1. The molecule has 2 aromatic carbocycles. The van der Waals surface area contributed by atoms with Gasteiger partial charge in [-0.05, 0) is 30.2 Å². The van der Waals surface area contributed by atoms with Crippen LogP contribution in [0, 0.1) is 6.92 Å². The van der Waals surface area contributed by atoms with Gasteiger partial charge in [-0.25, -0.2) is 0 Å². The summed E-state index contributed by atoms with van der Waals surface area (Å²) < 4.78 is 0. The van der Waals surface area contributed by atoms with E-state index in [-0.39, 0.29) is 0 Å². The normalized spacial score (nSPS) is 10.9. The number of aromatic nitrogens is 3. The average Bonchev–Trinajstić information content (AvgIpc) is 2.79. The number of aromatic amines is 1. The highest BCUT2D eigenvalue weighted by Gasteiger charge is 2.12. The van der Waals surface area contributed by atoms with Gasteiger partial charge in [-0.15, -0.1) is 5.10 Å². The molecule has 1 heterocycles. The van der Waals surface area contributed by atoms with E-state index in [0.29, 0.717) is 5.02 Å². The second kappa shape index (κ2) is 3.86. The Morgan fingerprint density at radius 2 is 1.94 bits per heavy atom. The highest BCUT2D eigenvalue weighted by molar-refractivity contribution is 6.34. The maximum absolute atomic E-state index is 6.28. The monoisotopic (exact) mass is 243 g/mol. The molecule has 3 aromatic rings. The van der Waals surface area contributed by atoms with E-state index >= 15 is 0 Å². The third-order valence-electron chi connectivity index (χ3n) is 2.86. The molecule has 1 aromatic heterocycles. The van der Waals surface area contributed by atoms with Gasteiger partial charge in [-0.2, -0.15) is 0 Å². The highest BCUT2D eigenvalue weighted by Crippen LogP contribution is 2.34. The lowest BCUT2D eigenvalue weighted by atomic mass is 9.99. The lowest BCUT2D eigenvalue weighted by molar-refractivity contribution is 0.959. The summed E-state index contributed by atoms with van der Waals surface area (Å²) in [6, 6.07) is 11.9. The van der Waals surface area contributed by atoms with Crippen molar-refractivity contribution in [3.8, 4) is 11.1 Å². The first kappa shape index (κ1) is 10.3. The molecule has 3 nitrogen and oxygen atoms in total. The Hall–Kier alpha value is -1.87. The predicted octanol–water partition coefficient (Wildman–Crippen LogP) is 3.59. The van der Waals surface area contributed by atoms with E-state index in [4.69, 9.17) is 11.6 Å². The van der Waals surface area contributed by atoms with Crippen LogP contribution >= 0.6 is 11.6 Å². The molecular weight excluding hydrogens is 234 g/mol. The molecule has 1 N–H and O–H groups in total. The molecule has 0 spiro atoms. The Balaban J connectivity index is 2.40. The van der Waals surface area contributed by atoms with Crippen LogP contribution in [-0.2, 0) is 0 Å². The molecule has 0 fully saturated rings. The molecule has 0 saturated carbocycles. The van der Waals surface area contributed by atoms with Crippen LogP contribution in [0.15, 0.2) is 36.4 Å². The van der Waals surface area contributed by atoms with Gasteiger partial charge in [0.05, 0.1) is 10.5 Å². The number of nitrogens with one attached hydrogen (secondary N) is 1. The first-order valence-corrected chi connectivity index (χ1v) is 5.70. The summed E-state index contributed by atoms with van der Waals surface area (Å²) in [5.74, 6) is 0. The largest absolute Gasteiger partial charge is 0.258 e. The number of benzene rings is 2. The molecule has 0 aliphatic carbocycles. The molecule has 0 radical (unpaired) electrons. The zero-order chi connectivity index (χ0) is 11.8. The van der Waals surface area contributed by atoms with E-state index in [9.17, 15) is 0 Å². The Morgan fingerprint density at radius 1 is 1.12 bits per heavy atom. The lowest BCUT2D eigenvalue weighted by Crippen LogP contribution is -1.86. The second-order valence-corrected chi connectivity index (χ2v) is 4.35. The summed E-state index contributed by atoms with van der Waals surface area (Å²) in [6.45, 7) is 2.06. The standard InChI is InChI=1S/C13H10ClN3/c1-8-4-2-3-5-9(8)12-10(14)6-7-11-13(12)16-17-15-11/h2-7H,1H3,(H,15,16,17). The molecule has 0 amide bonds. The Labute approximate surface area is 103 Å². The number of hydrogen-bond donors (Lipinski definition) is 1. The van der Waals surface area contributed by atoms with Crippen molar-refractivity contribution in [1.82, 2.24) is 15.4 Å². The van der Waals surface area contributed by atoms with Gasteiger partial charge in [-0.3, -0.25) is 5.10 Å². The summed E-state index contributed by atoms with van der Waals surface area (Å²) in [7, 11) is 0. The van der Waals surface area contributed by atoms with Crippen molar-refractivity contribution < 1.29 is 0 Å². The van der Waals surface area contributed by atoms with Crippen LogP contribution < -0.4 is 0 Å². The SMILES string of the molecule is Cc1ccccc1-c1c(Cl)ccc2[nH]nnc12. The number of fused-ring (bicyclic) bond motifs is 1. The van der Waals surface area contributed by atoms with Crippen molar-refractivity contribution in [2.45, 2.75) is 6.92 Å². The van der Waals surface area contributed by atoms with Crippen molar-refractivity contribution in [2.24, 2.45) is 0 Å². The number of aryl methyl sites for hydroxylation is 1. The summed E-state index contributed by atoms with van der Waals surface area (Å²) in [6.07, 6.45) is 0. The van der Waals surface area contributed by atoms with Gasteiger partial charge in [0.15, 0.2) is 0 Å². The molecule has 0 saturated heterocycles. The molecule has 0 aliphatic rings. The smallest absolute Gasteiger partial charge is 0.122 e. The van der Waals surface area contributed by atoms with E-state index in [1.165, 1.54) is 5.56 Å². The zero-order valence-electron chi connectivity index (χ0n) is 9.24. The van der Waals surface area contributed by atoms with Crippen LogP contribution in [0.5, 0.6) is 0 Å². The van der Waals surface area contributed by atoms with E-state index in [1.807, 2.05) is 30.3 Å². The quantitative estimate of drug-likeness (QED) is 0.710. The van der Waals surface area contributed by atoms with Crippen molar-refractivity contribution in [3.63, 3.8) is 0 Å². The van der Waals surface area contributed by atoms with Gasteiger partial charge < -0.3 is 0 Å². The van der Waals surface area contributed by atoms with Crippen LogP contribution in [0.1, 0.15) is 5.56 Å². The average molecular weight is 244 g/mol. The molecule has 0 bridgehead atoms. The van der Waals surface area contributed by atoms with Crippen molar-refractivity contribution in [3.05, 3.63) is 47.0 Å². The van der Waals surface area contributed by atoms with Gasteiger partial charge >= 0.3 is 0 Å².